The normalized spacial score (nSPS) is 22.2. The molecule has 1 aromatic rings. The standard InChI is InChI=1S/C22H32O6S/c1-15-13-22(18(23)27-20(2,3)4,19(24)28-21(5,6)7)14-17(15)29(25,26)16-11-9-8-10-12-16/h8-12,15,17H,13-14H2,1-7H3/t15-,17+/m0/s1. The van der Waals surface area contributed by atoms with Crippen LogP contribution in [0.25, 0.3) is 0 Å². The first kappa shape index (κ1) is 23.4. The Morgan fingerprint density at radius 1 is 0.897 bits per heavy atom. The van der Waals surface area contributed by atoms with Crippen LogP contribution >= 0.6 is 0 Å². The summed E-state index contributed by atoms with van der Waals surface area (Å²) in [6, 6.07) is 8.11. The van der Waals surface area contributed by atoms with E-state index >= 15 is 0 Å². The molecule has 2 rings (SSSR count). The van der Waals surface area contributed by atoms with Gasteiger partial charge in [0.1, 0.15) is 11.2 Å². The average molecular weight is 425 g/mol. The van der Waals surface area contributed by atoms with Gasteiger partial charge in [-0.3, -0.25) is 9.59 Å². The highest BCUT2D eigenvalue weighted by molar-refractivity contribution is 7.92. The van der Waals surface area contributed by atoms with E-state index in [1.165, 1.54) is 12.1 Å². The number of hydrogen-bond acceptors (Lipinski definition) is 6. The summed E-state index contributed by atoms with van der Waals surface area (Å²) in [7, 11) is -3.73. The Bertz CT molecular complexity index is 831. The van der Waals surface area contributed by atoms with Crippen molar-refractivity contribution in [3.05, 3.63) is 30.3 Å². The number of carbonyl (C=O) groups excluding carboxylic acids is 2. The fraction of sp³-hybridized carbons (Fsp3) is 0.636. The quantitative estimate of drug-likeness (QED) is 0.538. The SMILES string of the molecule is C[C@H]1CC(C(=O)OC(C)(C)C)(C(=O)OC(C)(C)C)C[C@H]1S(=O)(=O)c1ccccc1. The van der Waals surface area contributed by atoms with Crippen LogP contribution in [0.15, 0.2) is 35.2 Å². The van der Waals surface area contributed by atoms with Crippen LogP contribution in [0.1, 0.15) is 61.3 Å². The van der Waals surface area contributed by atoms with Gasteiger partial charge >= 0.3 is 11.9 Å². The van der Waals surface area contributed by atoms with Gasteiger partial charge in [-0.1, -0.05) is 25.1 Å². The van der Waals surface area contributed by atoms with E-state index in [1.807, 2.05) is 0 Å². The molecular weight excluding hydrogens is 392 g/mol. The largest absolute Gasteiger partial charge is 0.459 e. The molecule has 0 spiro atoms. The molecule has 0 unspecified atom stereocenters. The maximum Gasteiger partial charge on any atom is 0.324 e. The second kappa shape index (κ2) is 7.74. The zero-order valence-electron chi connectivity index (χ0n) is 18.3. The first-order chi connectivity index (χ1) is 13.1. The molecule has 0 amide bonds. The first-order valence-corrected chi connectivity index (χ1v) is 11.4. The monoisotopic (exact) mass is 424 g/mol. The zero-order chi connectivity index (χ0) is 22.3. The van der Waals surface area contributed by atoms with Crippen molar-refractivity contribution in [3.63, 3.8) is 0 Å². The van der Waals surface area contributed by atoms with E-state index in [4.69, 9.17) is 9.47 Å². The molecule has 0 bridgehead atoms. The van der Waals surface area contributed by atoms with Gasteiger partial charge in [0.15, 0.2) is 15.3 Å². The van der Waals surface area contributed by atoms with E-state index in [0.717, 1.165) is 0 Å². The maximum atomic E-state index is 13.2. The van der Waals surface area contributed by atoms with Crippen molar-refractivity contribution in [2.45, 2.75) is 82.7 Å². The summed E-state index contributed by atoms with van der Waals surface area (Å²) in [6.07, 6.45) is -0.0945. The third kappa shape index (κ3) is 5.18. The van der Waals surface area contributed by atoms with Gasteiger partial charge in [0.2, 0.25) is 0 Å². The lowest BCUT2D eigenvalue weighted by Crippen LogP contribution is -2.45. The van der Waals surface area contributed by atoms with Crippen molar-refractivity contribution >= 4 is 21.8 Å². The van der Waals surface area contributed by atoms with Crippen LogP contribution in [-0.4, -0.2) is 36.8 Å². The number of carbonyl (C=O) groups is 2. The van der Waals surface area contributed by atoms with Crippen LogP contribution in [0.2, 0.25) is 0 Å². The lowest BCUT2D eigenvalue weighted by Gasteiger charge is -2.32. The van der Waals surface area contributed by atoms with Gasteiger partial charge in [0, 0.05) is 0 Å². The predicted octanol–water partition coefficient (Wildman–Crippen LogP) is 3.93. The molecule has 0 radical (unpaired) electrons. The molecule has 0 aromatic heterocycles. The third-order valence-electron chi connectivity index (χ3n) is 4.90. The van der Waals surface area contributed by atoms with Crippen molar-refractivity contribution in [1.29, 1.82) is 0 Å². The van der Waals surface area contributed by atoms with Crippen LogP contribution < -0.4 is 0 Å². The fourth-order valence-corrected chi connectivity index (χ4v) is 5.78. The average Bonchev–Trinajstić information content (AvgIpc) is 2.92. The van der Waals surface area contributed by atoms with E-state index in [0.29, 0.717) is 0 Å². The summed E-state index contributed by atoms with van der Waals surface area (Å²) in [5.41, 5.74) is -3.27. The van der Waals surface area contributed by atoms with Crippen LogP contribution in [0.4, 0.5) is 0 Å². The van der Waals surface area contributed by atoms with Crippen LogP contribution in [-0.2, 0) is 28.9 Å². The molecule has 1 aliphatic carbocycles. The van der Waals surface area contributed by atoms with Gasteiger partial charge < -0.3 is 9.47 Å². The van der Waals surface area contributed by atoms with Crippen molar-refractivity contribution < 1.29 is 27.5 Å². The number of hydrogen-bond donors (Lipinski definition) is 0. The number of benzene rings is 1. The number of sulfone groups is 1. The Labute approximate surface area is 173 Å². The first-order valence-electron chi connectivity index (χ1n) is 9.84. The van der Waals surface area contributed by atoms with Gasteiger partial charge in [-0.15, -0.1) is 0 Å². The highest BCUT2D eigenvalue weighted by Gasteiger charge is 2.60. The van der Waals surface area contributed by atoms with Gasteiger partial charge in [-0.25, -0.2) is 8.42 Å². The summed E-state index contributed by atoms with van der Waals surface area (Å²) in [6.45, 7) is 12.0. The molecule has 0 heterocycles. The van der Waals surface area contributed by atoms with Crippen LogP contribution in [0.5, 0.6) is 0 Å². The summed E-state index contributed by atoms with van der Waals surface area (Å²) < 4.78 is 37.6. The second-order valence-electron chi connectivity index (χ2n) is 9.87. The van der Waals surface area contributed by atoms with Crippen LogP contribution in [0, 0.1) is 11.3 Å². The van der Waals surface area contributed by atoms with Gasteiger partial charge in [0.05, 0.1) is 10.1 Å². The van der Waals surface area contributed by atoms with E-state index < -0.39 is 49.6 Å². The lowest BCUT2D eigenvalue weighted by atomic mass is 9.85. The Kier molecular flexibility index (Phi) is 6.25. The highest BCUT2D eigenvalue weighted by Crippen LogP contribution is 2.49. The smallest absolute Gasteiger partial charge is 0.324 e. The minimum Gasteiger partial charge on any atom is -0.459 e. The minimum absolute atomic E-state index is 0.0631. The molecule has 6 nitrogen and oxygen atoms in total. The molecule has 2 atom stereocenters. The minimum atomic E-state index is -3.73. The predicted molar refractivity (Wildman–Crippen MR) is 110 cm³/mol. The van der Waals surface area contributed by atoms with E-state index in [-0.39, 0.29) is 17.7 Å². The summed E-state index contributed by atoms with van der Waals surface area (Å²) in [4.78, 5) is 26.5. The van der Waals surface area contributed by atoms with Crippen molar-refractivity contribution in [2.75, 3.05) is 0 Å². The van der Waals surface area contributed by atoms with Gasteiger partial charge in [-0.05, 0) is 72.4 Å². The number of esters is 2. The Balaban J connectivity index is 2.48. The third-order valence-corrected chi connectivity index (χ3v) is 7.26. The Hall–Kier alpha value is -1.89. The topological polar surface area (TPSA) is 86.7 Å². The lowest BCUT2D eigenvalue weighted by molar-refractivity contribution is -0.185. The molecule has 162 valence electrons. The molecule has 7 heteroatoms. The van der Waals surface area contributed by atoms with Crippen molar-refractivity contribution in [1.82, 2.24) is 0 Å². The second-order valence-corrected chi connectivity index (χ2v) is 12.0. The molecule has 0 aliphatic heterocycles. The molecule has 0 N–H and O–H groups in total. The molecule has 1 fully saturated rings. The Morgan fingerprint density at radius 2 is 1.34 bits per heavy atom. The zero-order valence-corrected chi connectivity index (χ0v) is 19.1. The molecule has 1 aliphatic rings. The van der Waals surface area contributed by atoms with Crippen molar-refractivity contribution in [2.24, 2.45) is 11.3 Å². The number of rotatable bonds is 4. The summed E-state index contributed by atoms with van der Waals surface area (Å²) in [5, 5.41) is -0.884. The molecule has 29 heavy (non-hydrogen) atoms. The molecular formula is C22H32O6S. The van der Waals surface area contributed by atoms with E-state index in [9.17, 15) is 18.0 Å². The van der Waals surface area contributed by atoms with Crippen molar-refractivity contribution in [3.8, 4) is 0 Å². The maximum absolute atomic E-state index is 13.2. The molecule has 1 saturated carbocycles. The van der Waals surface area contributed by atoms with E-state index in [2.05, 4.69) is 0 Å². The van der Waals surface area contributed by atoms with E-state index in [1.54, 1.807) is 66.7 Å². The van der Waals surface area contributed by atoms with Gasteiger partial charge in [-0.2, -0.15) is 0 Å². The molecule has 0 saturated heterocycles. The summed E-state index contributed by atoms with van der Waals surface area (Å²) in [5.74, 6) is -1.87. The Morgan fingerprint density at radius 3 is 1.76 bits per heavy atom. The van der Waals surface area contributed by atoms with Gasteiger partial charge in [0.25, 0.3) is 0 Å². The van der Waals surface area contributed by atoms with Crippen LogP contribution in [0.3, 0.4) is 0 Å². The molecule has 1 aromatic carbocycles. The number of ether oxygens (including phenoxy) is 2. The highest BCUT2D eigenvalue weighted by atomic mass is 32.2. The fourth-order valence-electron chi connectivity index (χ4n) is 3.68. The summed E-state index contributed by atoms with van der Waals surface area (Å²) >= 11 is 0.